The number of aromatic nitrogens is 4. The van der Waals surface area contributed by atoms with Gasteiger partial charge in [-0.25, -0.2) is 9.37 Å². The highest BCUT2D eigenvalue weighted by Crippen LogP contribution is 2.30. The van der Waals surface area contributed by atoms with Crippen LogP contribution in [0, 0.1) is 6.92 Å². The van der Waals surface area contributed by atoms with Crippen molar-refractivity contribution >= 4 is 33.1 Å². The van der Waals surface area contributed by atoms with E-state index in [0.29, 0.717) is 30.4 Å². The van der Waals surface area contributed by atoms with Crippen molar-refractivity contribution in [3.8, 4) is 11.1 Å². The van der Waals surface area contributed by atoms with E-state index < -0.39 is 5.83 Å². The number of benzene rings is 1. The van der Waals surface area contributed by atoms with Gasteiger partial charge in [-0.1, -0.05) is 45.0 Å². The first-order valence-corrected chi connectivity index (χ1v) is 13.7. The van der Waals surface area contributed by atoms with E-state index in [0.717, 1.165) is 45.6 Å². The van der Waals surface area contributed by atoms with Crippen LogP contribution in [0.5, 0.6) is 0 Å². The number of nitrogens with zero attached hydrogens (tertiary/aromatic N) is 5. The van der Waals surface area contributed by atoms with Gasteiger partial charge in [0, 0.05) is 43.0 Å². The Morgan fingerprint density at radius 1 is 1.08 bits per heavy atom. The summed E-state index contributed by atoms with van der Waals surface area (Å²) in [6.45, 7) is 11.9. The van der Waals surface area contributed by atoms with Crippen molar-refractivity contribution in [1.29, 1.82) is 0 Å². The van der Waals surface area contributed by atoms with Gasteiger partial charge in [0.15, 0.2) is 5.82 Å². The molecule has 1 aromatic carbocycles. The van der Waals surface area contributed by atoms with Gasteiger partial charge in [-0.15, -0.1) is 11.3 Å². The van der Waals surface area contributed by atoms with Crippen molar-refractivity contribution in [3.05, 3.63) is 65.8 Å². The summed E-state index contributed by atoms with van der Waals surface area (Å²) in [5.41, 5.74) is 3.44. The molecule has 0 aliphatic rings. The molecule has 0 radical (unpaired) electrons. The molecular weight excluding hydrogens is 501 g/mol. The Bertz CT molecular complexity index is 1420. The lowest BCUT2D eigenvalue weighted by molar-refractivity contribution is -0.118. The molecular formula is C29H34FN5O2S. The molecule has 0 atom stereocenters. The summed E-state index contributed by atoms with van der Waals surface area (Å²) < 4.78 is 19.8. The number of fused-ring (bicyclic) bond motifs is 1. The number of aryl methyl sites for hydroxylation is 2. The summed E-state index contributed by atoms with van der Waals surface area (Å²) in [4.78, 5) is 28.3. The normalized spacial score (nSPS) is 11.7. The third-order valence-corrected chi connectivity index (χ3v) is 7.12. The highest BCUT2D eigenvalue weighted by molar-refractivity contribution is 7.18. The maximum Gasteiger partial charge on any atom is 0.227 e. The smallest absolute Gasteiger partial charge is 0.227 e. The van der Waals surface area contributed by atoms with E-state index in [1.54, 1.807) is 28.6 Å². The van der Waals surface area contributed by atoms with E-state index in [2.05, 4.69) is 32.8 Å². The van der Waals surface area contributed by atoms with Crippen LogP contribution >= 0.6 is 11.3 Å². The van der Waals surface area contributed by atoms with E-state index in [1.165, 1.54) is 0 Å². The second kappa shape index (κ2) is 11.9. The molecule has 0 N–H and O–H groups in total. The lowest BCUT2D eigenvalue weighted by Gasteiger charge is -2.23. The Kier molecular flexibility index (Phi) is 8.66. The monoisotopic (exact) mass is 535 g/mol. The number of thiazole rings is 1. The van der Waals surface area contributed by atoms with Crippen molar-refractivity contribution in [2.45, 2.75) is 71.6 Å². The molecule has 3 heterocycles. The molecule has 3 aromatic heterocycles. The topological polar surface area (TPSA) is 85.0 Å². The number of unbranched alkanes of at least 4 members (excludes halogenated alkanes) is 2. The Morgan fingerprint density at radius 2 is 1.89 bits per heavy atom. The third-order valence-electron chi connectivity index (χ3n) is 6.19. The molecule has 0 aliphatic heterocycles. The fourth-order valence-electron chi connectivity index (χ4n) is 4.11. The predicted octanol–water partition coefficient (Wildman–Crippen LogP) is 7.36. The second-order valence-corrected chi connectivity index (χ2v) is 11.7. The number of carbonyl (C=O) groups excluding carboxylic acids is 1. The summed E-state index contributed by atoms with van der Waals surface area (Å²) in [6, 6.07) is 8.09. The highest BCUT2D eigenvalue weighted by atomic mass is 32.1. The summed E-state index contributed by atoms with van der Waals surface area (Å²) in [5.74, 6) is 0.695. The standard InChI is InChI=1S/C29H34FN5O2S/c1-19(30)10-13-27(36)35(14-8-6-7-9-26-33-28(34-37-26)29(3,4)5)23-15-22(17-31-18-23)21-11-12-24-25(16-21)38-20(2)32-24/h11-12,15-18H,1,6-10,13-14H2,2-5H3. The Balaban J connectivity index is 1.44. The average Bonchev–Trinajstić information content (AvgIpc) is 3.50. The van der Waals surface area contributed by atoms with Crippen LogP contribution in [-0.2, 0) is 16.6 Å². The molecule has 0 fully saturated rings. The number of halogens is 1. The van der Waals surface area contributed by atoms with Gasteiger partial charge in [0.1, 0.15) is 0 Å². The van der Waals surface area contributed by atoms with Crippen molar-refractivity contribution in [2.24, 2.45) is 0 Å². The number of hydrogen-bond donors (Lipinski definition) is 0. The van der Waals surface area contributed by atoms with E-state index in [4.69, 9.17) is 4.52 Å². The van der Waals surface area contributed by atoms with Crippen molar-refractivity contribution in [2.75, 3.05) is 11.4 Å². The molecule has 7 nitrogen and oxygen atoms in total. The maximum atomic E-state index is 13.3. The van der Waals surface area contributed by atoms with Gasteiger partial charge < -0.3 is 9.42 Å². The first kappa shape index (κ1) is 27.6. The van der Waals surface area contributed by atoms with Crippen LogP contribution in [0.15, 0.2) is 53.6 Å². The van der Waals surface area contributed by atoms with Crippen LogP contribution in [0.1, 0.15) is 69.6 Å². The van der Waals surface area contributed by atoms with Gasteiger partial charge in [-0.2, -0.15) is 4.98 Å². The van der Waals surface area contributed by atoms with Gasteiger partial charge in [-0.05, 0) is 43.5 Å². The van der Waals surface area contributed by atoms with E-state index in [-0.39, 0.29) is 24.2 Å². The van der Waals surface area contributed by atoms with Crippen LogP contribution < -0.4 is 4.90 Å². The number of amides is 1. The quantitative estimate of drug-likeness (QED) is 0.187. The zero-order chi connectivity index (χ0) is 27.3. The molecule has 4 aromatic rings. The summed E-state index contributed by atoms with van der Waals surface area (Å²) >= 11 is 1.65. The highest BCUT2D eigenvalue weighted by Gasteiger charge is 2.21. The molecule has 9 heteroatoms. The maximum absolute atomic E-state index is 13.3. The fraction of sp³-hybridized carbons (Fsp3) is 0.414. The first-order chi connectivity index (χ1) is 18.1. The molecule has 0 saturated carbocycles. The van der Waals surface area contributed by atoms with Gasteiger partial charge in [0.05, 0.1) is 32.9 Å². The molecule has 200 valence electrons. The fourth-order valence-corrected chi connectivity index (χ4v) is 4.98. The Morgan fingerprint density at radius 3 is 2.63 bits per heavy atom. The minimum Gasteiger partial charge on any atom is -0.339 e. The Hall–Kier alpha value is -3.46. The molecule has 38 heavy (non-hydrogen) atoms. The third kappa shape index (κ3) is 7.10. The van der Waals surface area contributed by atoms with Crippen LogP contribution in [0.25, 0.3) is 21.3 Å². The number of rotatable bonds is 11. The summed E-state index contributed by atoms with van der Waals surface area (Å²) in [6.07, 6.45) is 6.76. The SMILES string of the molecule is C=C(F)CCC(=O)N(CCCCCc1nc(C(C)(C)C)no1)c1cncc(-c2ccc3nc(C)sc3c2)c1. The van der Waals surface area contributed by atoms with Crippen molar-refractivity contribution < 1.29 is 13.7 Å². The molecule has 0 spiro atoms. The van der Waals surface area contributed by atoms with Gasteiger partial charge in [0.25, 0.3) is 0 Å². The molecule has 4 rings (SSSR count). The van der Waals surface area contributed by atoms with Gasteiger partial charge in [-0.3, -0.25) is 9.78 Å². The number of carbonyl (C=O) groups is 1. The van der Waals surface area contributed by atoms with Crippen molar-refractivity contribution in [3.63, 3.8) is 0 Å². The lowest BCUT2D eigenvalue weighted by Crippen LogP contribution is -2.32. The first-order valence-electron chi connectivity index (χ1n) is 12.9. The predicted molar refractivity (Wildman–Crippen MR) is 150 cm³/mol. The van der Waals surface area contributed by atoms with E-state index in [1.807, 2.05) is 45.9 Å². The summed E-state index contributed by atoms with van der Waals surface area (Å²) in [5, 5.41) is 5.09. The largest absolute Gasteiger partial charge is 0.339 e. The minimum absolute atomic E-state index is 0.0110. The number of pyridine rings is 1. The lowest BCUT2D eigenvalue weighted by atomic mass is 9.96. The van der Waals surface area contributed by atoms with E-state index in [9.17, 15) is 9.18 Å². The average molecular weight is 536 g/mol. The van der Waals surface area contributed by atoms with Crippen LogP contribution in [0.4, 0.5) is 10.1 Å². The molecule has 0 unspecified atom stereocenters. The number of anilines is 1. The van der Waals surface area contributed by atoms with Crippen LogP contribution in [-0.4, -0.2) is 32.6 Å². The Labute approximate surface area is 226 Å². The zero-order valence-corrected chi connectivity index (χ0v) is 23.3. The van der Waals surface area contributed by atoms with Gasteiger partial charge >= 0.3 is 0 Å². The van der Waals surface area contributed by atoms with Crippen molar-refractivity contribution in [1.82, 2.24) is 20.1 Å². The minimum atomic E-state index is -0.493. The van der Waals surface area contributed by atoms with Gasteiger partial charge in [0.2, 0.25) is 11.8 Å². The zero-order valence-electron chi connectivity index (χ0n) is 22.5. The van der Waals surface area contributed by atoms with Crippen LogP contribution in [0.3, 0.4) is 0 Å². The molecule has 0 aliphatic carbocycles. The molecule has 0 bridgehead atoms. The van der Waals surface area contributed by atoms with Crippen LogP contribution in [0.2, 0.25) is 0 Å². The number of hydrogen-bond acceptors (Lipinski definition) is 7. The molecule has 0 saturated heterocycles. The number of allylic oxidation sites excluding steroid dienone is 1. The molecule has 1 amide bonds. The summed E-state index contributed by atoms with van der Waals surface area (Å²) in [7, 11) is 0. The van der Waals surface area contributed by atoms with E-state index >= 15 is 0 Å². The second-order valence-electron chi connectivity index (χ2n) is 10.5.